The Kier molecular flexibility index (Phi) is 6.81. The minimum atomic E-state index is -0.747. The number of ether oxygens (including phenoxy) is 1. The molecule has 3 heterocycles. The Hall–Kier alpha value is -4.15. The number of para-hydroxylation sites is 2. The van der Waals surface area contributed by atoms with Gasteiger partial charge in [-0.2, -0.15) is 0 Å². The molecule has 1 aromatic heterocycles. The second kappa shape index (κ2) is 10.4. The van der Waals surface area contributed by atoms with Crippen LogP contribution in [0.25, 0.3) is 0 Å². The van der Waals surface area contributed by atoms with E-state index in [1.807, 2.05) is 62.4 Å². The third kappa shape index (κ3) is 4.63. The summed E-state index contributed by atoms with van der Waals surface area (Å²) in [5.74, 6) is -1.90. The lowest BCUT2D eigenvalue weighted by molar-refractivity contribution is -0.122. The van der Waals surface area contributed by atoms with Crippen molar-refractivity contribution < 1.29 is 19.1 Å². The average Bonchev–Trinajstić information content (AvgIpc) is 3.44. The van der Waals surface area contributed by atoms with Crippen molar-refractivity contribution in [2.24, 2.45) is 5.92 Å². The topological polar surface area (TPSA) is 109 Å². The number of thioether (sulfide) groups is 1. The number of benzene rings is 3. The van der Waals surface area contributed by atoms with Crippen molar-refractivity contribution in [3.8, 4) is 5.75 Å². The normalized spacial score (nSPS) is 19.8. The average molecular weight is 572 g/mol. The first-order valence-electron chi connectivity index (χ1n) is 12.7. The number of hydrogen-bond acceptors (Lipinski definition) is 7. The van der Waals surface area contributed by atoms with E-state index in [4.69, 9.17) is 4.74 Å². The van der Waals surface area contributed by atoms with Gasteiger partial charge in [-0.3, -0.25) is 19.2 Å². The molecule has 202 valence electrons. The maximum absolute atomic E-state index is 14.0. The van der Waals surface area contributed by atoms with E-state index in [9.17, 15) is 19.2 Å². The SMILES string of the molecule is Cc1ccc(N2C(=O)C3Sc4[nH]c(=O)sc4C(c4ccccc4OCC(=O)Nc4ccccc4C)C3C2=O)cc1. The summed E-state index contributed by atoms with van der Waals surface area (Å²) in [7, 11) is 0. The molecule has 3 unspecified atom stereocenters. The van der Waals surface area contributed by atoms with E-state index in [1.165, 1.54) is 16.7 Å². The van der Waals surface area contributed by atoms with Crippen molar-refractivity contribution >= 4 is 52.2 Å². The van der Waals surface area contributed by atoms with Crippen LogP contribution in [0.4, 0.5) is 11.4 Å². The number of hydrogen-bond donors (Lipinski definition) is 2. The van der Waals surface area contributed by atoms with Crippen LogP contribution in [0, 0.1) is 19.8 Å². The molecule has 8 nitrogen and oxygen atoms in total. The van der Waals surface area contributed by atoms with Crippen molar-refractivity contribution in [3.63, 3.8) is 0 Å². The van der Waals surface area contributed by atoms with Crippen LogP contribution in [-0.2, 0) is 14.4 Å². The fourth-order valence-corrected chi connectivity index (χ4v) is 7.72. The molecule has 1 saturated heterocycles. The van der Waals surface area contributed by atoms with Crippen LogP contribution in [0.2, 0.25) is 0 Å². The molecule has 0 saturated carbocycles. The number of aryl methyl sites for hydroxylation is 2. The number of amides is 3. The van der Waals surface area contributed by atoms with Gasteiger partial charge >= 0.3 is 4.87 Å². The van der Waals surface area contributed by atoms with Crippen molar-refractivity contribution in [2.75, 3.05) is 16.8 Å². The lowest BCUT2D eigenvalue weighted by atomic mass is 9.82. The van der Waals surface area contributed by atoms with Gasteiger partial charge in [0.15, 0.2) is 6.61 Å². The Morgan fingerprint density at radius 2 is 1.68 bits per heavy atom. The van der Waals surface area contributed by atoms with Gasteiger partial charge in [-0.25, -0.2) is 4.90 Å². The van der Waals surface area contributed by atoms with Gasteiger partial charge in [0.1, 0.15) is 11.0 Å². The molecule has 1 fully saturated rings. The van der Waals surface area contributed by atoms with E-state index in [0.29, 0.717) is 32.6 Å². The Morgan fingerprint density at radius 1 is 0.950 bits per heavy atom. The van der Waals surface area contributed by atoms with E-state index in [1.54, 1.807) is 24.3 Å². The first kappa shape index (κ1) is 26.1. The predicted octanol–water partition coefficient (Wildman–Crippen LogP) is 4.87. The van der Waals surface area contributed by atoms with Crippen LogP contribution in [0.5, 0.6) is 5.75 Å². The van der Waals surface area contributed by atoms with Crippen molar-refractivity contribution in [2.45, 2.75) is 30.0 Å². The van der Waals surface area contributed by atoms with E-state index in [0.717, 1.165) is 22.5 Å². The molecule has 2 N–H and O–H groups in total. The molecule has 4 aromatic rings. The smallest absolute Gasteiger partial charge is 0.305 e. The van der Waals surface area contributed by atoms with Gasteiger partial charge in [0.2, 0.25) is 11.8 Å². The molecule has 10 heteroatoms. The van der Waals surface area contributed by atoms with E-state index in [-0.39, 0.29) is 29.2 Å². The monoisotopic (exact) mass is 571 g/mol. The van der Waals surface area contributed by atoms with Gasteiger partial charge < -0.3 is 15.0 Å². The number of fused-ring (bicyclic) bond motifs is 2. The molecule has 6 rings (SSSR count). The zero-order chi connectivity index (χ0) is 28.0. The minimum absolute atomic E-state index is 0.250. The fraction of sp³-hybridized carbons (Fsp3) is 0.200. The molecule has 40 heavy (non-hydrogen) atoms. The summed E-state index contributed by atoms with van der Waals surface area (Å²) in [6, 6.07) is 21.9. The highest BCUT2D eigenvalue weighted by Gasteiger charge is 2.56. The van der Waals surface area contributed by atoms with Crippen LogP contribution in [0.3, 0.4) is 0 Å². The van der Waals surface area contributed by atoms with Gasteiger partial charge in [-0.15, -0.1) is 0 Å². The number of nitrogens with zero attached hydrogens (tertiary/aromatic N) is 1. The second-order valence-electron chi connectivity index (χ2n) is 9.79. The highest BCUT2D eigenvalue weighted by molar-refractivity contribution is 8.00. The summed E-state index contributed by atoms with van der Waals surface area (Å²) in [6.45, 7) is 3.60. The maximum Gasteiger partial charge on any atom is 0.305 e. The van der Waals surface area contributed by atoms with Crippen LogP contribution in [0.1, 0.15) is 27.5 Å². The van der Waals surface area contributed by atoms with E-state index < -0.39 is 17.1 Å². The molecule has 3 aromatic carbocycles. The van der Waals surface area contributed by atoms with Crippen LogP contribution >= 0.6 is 23.1 Å². The number of aromatic nitrogens is 1. The van der Waals surface area contributed by atoms with Crippen molar-refractivity contribution in [3.05, 3.63) is 104 Å². The number of thiazole rings is 1. The number of carbonyl (C=O) groups excluding carboxylic acids is 3. The highest BCUT2D eigenvalue weighted by atomic mass is 32.2. The van der Waals surface area contributed by atoms with E-state index in [2.05, 4.69) is 10.3 Å². The largest absolute Gasteiger partial charge is 0.483 e. The zero-order valence-electron chi connectivity index (χ0n) is 21.7. The van der Waals surface area contributed by atoms with Crippen molar-refractivity contribution in [1.82, 2.24) is 4.98 Å². The Bertz CT molecular complexity index is 1690. The number of carbonyl (C=O) groups is 3. The zero-order valence-corrected chi connectivity index (χ0v) is 23.3. The quantitative estimate of drug-likeness (QED) is 0.320. The van der Waals surface area contributed by atoms with Crippen LogP contribution in [0.15, 0.2) is 82.6 Å². The molecular formula is C30H25N3O5S2. The number of H-pyrrole nitrogens is 1. The molecule has 0 radical (unpaired) electrons. The van der Waals surface area contributed by atoms with Gasteiger partial charge in [-0.05, 0) is 43.7 Å². The van der Waals surface area contributed by atoms with Gasteiger partial charge in [0.25, 0.3) is 5.91 Å². The standard InChI is InChI=1S/C30H25N3O5S2/c1-16-11-13-18(14-12-16)33-28(35)24-23(25-27(32-30(37)40-25)39-26(24)29(33)36)19-8-4-6-10-21(19)38-15-22(34)31-20-9-5-3-7-17(20)2/h3-14,23-24,26H,15H2,1-2H3,(H,31,34)(H,32,37). The molecule has 0 spiro atoms. The molecule has 0 aliphatic carbocycles. The third-order valence-corrected chi connectivity index (χ3v) is 9.55. The fourth-order valence-electron chi connectivity index (χ4n) is 5.21. The maximum atomic E-state index is 14.0. The molecule has 3 atom stereocenters. The Morgan fingerprint density at radius 3 is 2.45 bits per heavy atom. The number of aromatic amines is 1. The number of rotatable bonds is 6. The van der Waals surface area contributed by atoms with Gasteiger partial charge in [0, 0.05) is 22.0 Å². The summed E-state index contributed by atoms with van der Waals surface area (Å²) in [5, 5.41) is 2.73. The lowest BCUT2D eigenvalue weighted by Crippen LogP contribution is -2.32. The number of anilines is 2. The van der Waals surface area contributed by atoms with Crippen molar-refractivity contribution in [1.29, 1.82) is 0 Å². The Balaban J connectivity index is 1.34. The summed E-state index contributed by atoms with van der Waals surface area (Å²) in [4.78, 5) is 57.3. The lowest BCUT2D eigenvalue weighted by Gasteiger charge is -2.30. The molecular weight excluding hydrogens is 546 g/mol. The molecule has 2 aliphatic rings. The Labute approximate surface area is 238 Å². The third-order valence-electron chi connectivity index (χ3n) is 7.15. The summed E-state index contributed by atoms with van der Waals surface area (Å²) in [5.41, 5.74) is 3.81. The predicted molar refractivity (Wildman–Crippen MR) is 155 cm³/mol. The summed E-state index contributed by atoms with van der Waals surface area (Å²) >= 11 is 2.26. The molecule has 3 amide bonds. The molecule has 2 aliphatic heterocycles. The van der Waals surface area contributed by atoms with Gasteiger partial charge in [-0.1, -0.05) is 77.2 Å². The second-order valence-corrected chi connectivity index (χ2v) is 12.0. The molecule has 0 bridgehead atoms. The summed E-state index contributed by atoms with van der Waals surface area (Å²) < 4.78 is 6.01. The van der Waals surface area contributed by atoms with Crippen LogP contribution in [-0.4, -0.2) is 34.6 Å². The first-order valence-corrected chi connectivity index (χ1v) is 14.4. The number of nitrogens with one attached hydrogen (secondary N) is 2. The number of imide groups is 1. The van der Waals surface area contributed by atoms with E-state index >= 15 is 0 Å². The van der Waals surface area contributed by atoms with Gasteiger partial charge in [0.05, 0.1) is 16.6 Å². The first-order chi connectivity index (χ1) is 19.3. The summed E-state index contributed by atoms with van der Waals surface area (Å²) in [6.07, 6.45) is 0. The minimum Gasteiger partial charge on any atom is -0.483 e. The van der Waals surface area contributed by atoms with Crippen LogP contribution < -0.4 is 19.8 Å². The highest BCUT2D eigenvalue weighted by Crippen LogP contribution is 2.54.